The Balaban J connectivity index is 1.77. The fourth-order valence-electron chi connectivity index (χ4n) is 3.35. The van der Waals surface area contributed by atoms with Crippen molar-refractivity contribution < 1.29 is 4.79 Å². The van der Waals surface area contributed by atoms with Crippen molar-refractivity contribution in [2.45, 2.75) is 70.6 Å². The zero-order valence-electron chi connectivity index (χ0n) is 16.1. The van der Waals surface area contributed by atoms with E-state index in [1.165, 1.54) is 42.2 Å². The van der Waals surface area contributed by atoms with Crippen LogP contribution in [0.5, 0.6) is 0 Å². The van der Waals surface area contributed by atoms with Gasteiger partial charge < -0.3 is 9.88 Å². The molecule has 1 amide bonds. The molecule has 26 heavy (non-hydrogen) atoms. The van der Waals surface area contributed by atoms with Crippen molar-refractivity contribution in [3.05, 3.63) is 29.3 Å². The number of thioether (sulfide) groups is 1. The average molecular weight is 373 g/mol. The molecule has 1 heterocycles. The van der Waals surface area contributed by atoms with E-state index >= 15 is 0 Å². The zero-order chi connectivity index (χ0) is 18.7. The van der Waals surface area contributed by atoms with Gasteiger partial charge in [-0.25, -0.2) is 0 Å². The molecule has 1 aromatic heterocycles. The van der Waals surface area contributed by atoms with E-state index in [2.05, 4.69) is 45.2 Å². The summed E-state index contributed by atoms with van der Waals surface area (Å²) >= 11 is 1.44. The number of rotatable bonds is 5. The van der Waals surface area contributed by atoms with Crippen LogP contribution in [-0.2, 0) is 24.2 Å². The molecular formula is C20H28N4OS. The number of fused-ring (bicyclic) bond motifs is 1. The molecule has 0 radical (unpaired) electrons. The van der Waals surface area contributed by atoms with Crippen LogP contribution >= 0.6 is 11.8 Å². The molecule has 0 bridgehead atoms. The standard InChI is InChI=1S/C20H28N4OS/c1-5-24-18(16-11-10-14-8-6-7-9-15(14)12-16)22-23-19(24)26-13-17(25)21-20(2,3)4/h10-12H,5-9,13H2,1-4H3,(H,21,25). The lowest BCUT2D eigenvalue weighted by molar-refractivity contribution is -0.119. The van der Waals surface area contributed by atoms with E-state index in [9.17, 15) is 4.79 Å². The molecule has 0 spiro atoms. The van der Waals surface area contributed by atoms with Gasteiger partial charge in [-0.1, -0.05) is 23.9 Å². The number of carbonyl (C=O) groups excluding carboxylic acids is 1. The Morgan fingerprint density at radius 1 is 1.19 bits per heavy atom. The number of amides is 1. The minimum absolute atomic E-state index is 0.0171. The SMILES string of the molecule is CCn1c(SCC(=O)NC(C)(C)C)nnc1-c1ccc2c(c1)CCCC2. The van der Waals surface area contributed by atoms with Gasteiger partial charge in [0, 0.05) is 17.6 Å². The minimum Gasteiger partial charge on any atom is -0.351 e. The predicted octanol–water partition coefficient (Wildman–Crippen LogP) is 3.85. The summed E-state index contributed by atoms with van der Waals surface area (Å²) in [4.78, 5) is 12.1. The summed E-state index contributed by atoms with van der Waals surface area (Å²) < 4.78 is 2.10. The predicted molar refractivity (Wildman–Crippen MR) is 106 cm³/mol. The lowest BCUT2D eigenvalue weighted by Gasteiger charge is -2.20. The third-order valence-electron chi connectivity index (χ3n) is 4.49. The molecule has 1 N–H and O–H groups in total. The third kappa shape index (κ3) is 4.47. The number of hydrogen-bond acceptors (Lipinski definition) is 4. The van der Waals surface area contributed by atoms with Gasteiger partial charge in [0.15, 0.2) is 11.0 Å². The molecule has 0 fully saturated rings. The quantitative estimate of drug-likeness (QED) is 0.810. The number of aryl methyl sites for hydroxylation is 2. The highest BCUT2D eigenvalue weighted by atomic mass is 32.2. The van der Waals surface area contributed by atoms with E-state index in [1.54, 1.807) is 0 Å². The van der Waals surface area contributed by atoms with E-state index in [0.717, 1.165) is 29.5 Å². The molecule has 2 aromatic rings. The Kier molecular flexibility index (Phi) is 5.70. The number of nitrogens with zero attached hydrogens (tertiary/aromatic N) is 3. The fraction of sp³-hybridized carbons (Fsp3) is 0.550. The van der Waals surface area contributed by atoms with E-state index in [1.807, 2.05) is 20.8 Å². The molecule has 6 heteroatoms. The lowest BCUT2D eigenvalue weighted by atomic mass is 9.90. The van der Waals surface area contributed by atoms with Gasteiger partial charge in [-0.2, -0.15) is 0 Å². The highest BCUT2D eigenvalue weighted by molar-refractivity contribution is 7.99. The molecule has 140 valence electrons. The molecule has 0 saturated carbocycles. The average Bonchev–Trinajstić information content (AvgIpc) is 3.01. The molecule has 5 nitrogen and oxygen atoms in total. The topological polar surface area (TPSA) is 59.8 Å². The fourth-order valence-corrected chi connectivity index (χ4v) is 4.15. The van der Waals surface area contributed by atoms with Crippen molar-refractivity contribution >= 4 is 17.7 Å². The monoisotopic (exact) mass is 372 g/mol. The highest BCUT2D eigenvalue weighted by Gasteiger charge is 2.18. The van der Waals surface area contributed by atoms with Crippen LogP contribution in [0.15, 0.2) is 23.4 Å². The number of hydrogen-bond donors (Lipinski definition) is 1. The van der Waals surface area contributed by atoms with Crippen LogP contribution < -0.4 is 5.32 Å². The molecule has 0 aliphatic heterocycles. The maximum absolute atomic E-state index is 12.1. The first-order chi connectivity index (χ1) is 12.4. The smallest absolute Gasteiger partial charge is 0.230 e. The van der Waals surface area contributed by atoms with Crippen molar-refractivity contribution in [2.75, 3.05) is 5.75 Å². The number of nitrogens with one attached hydrogen (secondary N) is 1. The first-order valence-electron chi connectivity index (χ1n) is 9.36. The van der Waals surface area contributed by atoms with Crippen molar-refractivity contribution in [3.63, 3.8) is 0 Å². The van der Waals surface area contributed by atoms with Gasteiger partial charge in [0.25, 0.3) is 0 Å². The second kappa shape index (κ2) is 7.82. The Morgan fingerprint density at radius 3 is 2.62 bits per heavy atom. The van der Waals surface area contributed by atoms with E-state index in [0.29, 0.717) is 5.75 Å². The first kappa shape index (κ1) is 19.0. The molecule has 0 atom stereocenters. The van der Waals surface area contributed by atoms with E-state index < -0.39 is 0 Å². The molecule has 1 aliphatic carbocycles. The molecule has 0 saturated heterocycles. The Hall–Kier alpha value is -1.82. The molecule has 0 unspecified atom stereocenters. The van der Waals surface area contributed by atoms with Crippen LogP contribution in [0.4, 0.5) is 0 Å². The minimum atomic E-state index is -0.218. The zero-order valence-corrected chi connectivity index (χ0v) is 16.9. The van der Waals surface area contributed by atoms with Crippen LogP contribution in [0, 0.1) is 0 Å². The van der Waals surface area contributed by atoms with Crippen molar-refractivity contribution in [1.29, 1.82) is 0 Å². The van der Waals surface area contributed by atoms with Crippen LogP contribution in [0.2, 0.25) is 0 Å². The van der Waals surface area contributed by atoms with Gasteiger partial charge in [0.2, 0.25) is 5.91 Å². The number of carbonyl (C=O) groups is 1. The van der Waals surface area contributed by atoms with Gasteiger partial charge in [0.1, 0.15) is 0 Å². The summed E-state index contributed by atoms with van der Waals surface area (Å²) in [6.07, 6.45) is 4.88. The lowest BCUT2D eigenvalue weighted by Crippen LogP contribution is -2.41. The van der Waals surface area contributed by atoms with Crippen LogP contribution in [0.1, 0.15) is 51.7 Å². The number of aromatic nitrogens is 3. The van der Waals surface area contributed by atoms with Gasteiger partial charge in [0.05, 0.1) is 5.75 Å². The van der Waals surface area contributed by atoms with Crippen molar-refractivity contribution in [2.24, 2.45) is 0 Å². The molecule has 1 aromatic carbocycles. The van der Waals surface area contributed by atoms with E-state index in [4.69, 9.17) is 0 Å². The second-order valence-electron chi connectivity index (χ2n) is 7.83. The van der Waals surface area contributed by atoms with Crippen molar-refractivity contribution in [3.8, 4) is 11.4 Å². The highest BCUT2D eigenvalue weighted by Crippen LogP contribution is 2.28. The van der Waals surface area contributed by atoms with Gasteiger partial charge in [-0.3, -0.25) is 4.79 Å². The van der Waals surface area contributed by atoms with E-state index in [-0.39, 0.29) is 11.4 Å². The van der Waals surface area contributed by atoms with Crippen LogP contribution in [0.3, 0.4) is 0 Å². The normalized spacial score (nSPS) is 14.2. The number of benzene rings is 1. The Morgan fingerprint density at radius 2 is 1.92 bits per heavy atom. The maximum atomic E-state index is 12.1. The molecule has 3 rings (SSSR count). The summed E-state index contributed by atoms with van der Waals surface area (Å²) in [5, 5.41) is 12.5. The molecule has 1 aliphatic rings. The summed E-state index contributed by atoms with van der Waals surface area (Å²) in [6.45, 7) is 8.82. The second-order valence-corrected chi connectivity index (χ2v) is 8.77. The van der Waals surface area contributed by atoms with Crippen molar-refractivity contribution in [1.82, 2.24) is 20.1 Å². The van der Waals surface area contributed by atoms with Gasteiger partial charge >= 0.3 is 0 Å². The van der Waals surface area contributed by atoms with Crippen LogP contribution in [0.25, 0.3) is 11.4 Å². The van der Waals surface area contributed by atoms with Gasteiger partial charge in [-0.15, -0.1) is 10.2 Å². The first-order valence-corrected chi connectivity index (χ1v) is 10.3. The van der Waals surface area contributed by atoms with Gasteiger partial charge in [-0.05, 0) is 70.6 Å². The summed E-state index contributed by atoms with van der Waals surface area (Å²) in [5.74, 6) is 1.25. The Bertz CT molecular complexity index is 792. The van der Waals surface area contributed by atoms with Crippen LogP contribution in [-0.4, -0.2) is 32.0 Å². The largest absolute Gasteiger partial charge is 0.351 e. The summed E-state index contributed by atoms with van der Waals surface area (Å²) in [5.41, 5.74) is 3.81. The molecular weight excluding hydrogens is 344 g/mol. The third-order valence-corrected chi connectivity index (χ3v) is 5.45. The summed E-state index contributed by atoms with van der Waals surface area (Å²) in [7, 11) is 0. The Labute approximate surface area is 160 Å². The maximum Gasteiger partial charge on any atom is 0.230 e. The summed E-state index contributed by atoms with van der Waals surface area (Å²) in [6, 6.07) is 6.66.